The monoisotopic (exact) mass is 532 g/mol. The first kappa shape index (κ1) is 24.6. The third-order valence-corrected chi connectivity index (χ3v) is 8.20. The van der Waals surface area contributed by atoms with E-state index in [0.29, 0.717) is 19.0 Å². The lowest BCUT2D eigenvalue weighted by Gasteiger charge is -2.39. The minimum Gasteiger partial charge on any atom is -0.497 e. The molecule has 0 spiro atoms. The normalized spacial score (nSPS) is 20.6. The van der Waals surface area contributed by atoms with Crippen LogP contribution in [-0.2, 0) is 11.3 Å². The highest BCUT2D eigenvalue weighted by molar-refractivity contribution is 7.16. The number of aromatic nitrogens is 4. The summed E-state index contributed by atoms with van der Waals surface area (Å²) >= 11 is 1.59. The fourth-order valence-electron chi connectivity index (χ4n) is 5.65. The van der Waals surface area contributed by atoms with Crippen molar-refractivity contribution in [2.24, 2.45) is 0 Å². The Hall–Kier alpha value is -3.70. The van der Waals surface area contributed by atoms with Gasteiger partial charge in [0.25, 0.3) is 0 Å². The summed E-state index contributed by atoms with van der Waals surface area (Å²) in [6.45, 7) is 2.96. The van der Waals surface area contributed by atoms with Crippen molar-refractivity contribution in [1.29, 1.82) is 0 Å². The average Bonchev–Trinajstić information content (AvgIpc) is 3.62. The van der Waals surface area contributed by atoms with Crippen molar-refractivity contribution in [3.8, 4) is 5.75 Å². The van der Waals surface area contributed by atoms with Crippen LogP contribution in [0.15, 0.2) is 41.8 Å². The van der Waals surface area contributed by atoms with Crippen LogP contribution in [0.2, 0.25) is 0 Å². The maximum Gasteiger partial charge on any atom is 0.237 e. The Morgan fingerprint density at radius 3 is 2.66 bits per heavy atom. The second-order valence-electron chi connectivity index (χ2n) is 10.0. The molecule has 0 saturated carbocycles. The van der Waals surface area contributed by atoms with Gasteiger partial charge in [0.1, 0.15) is 16.4 Å². The molecule has 1 aromatic carbocycles. The third kappa shape index (κ3) is 5.16. The molecule has 0 aliphatic carbocycles. The maximum atomic E-state index is 13.1. The first-order valence-electron chi connectivity index (χ1n) is 13.0. The first-order chi connectivity index (χ1) is 18.6. The Bertz CT molecular complexity index is 1400. The van der Waals surface area contributed by atoms with Crippen LogP contribution in [0.5, 0.6) is 5.75 Å². The fraction of sp³-hybridized carbons (Fsp3) is 0.407. The van der Waals surface area contributed by atoms with Crippen LogP contribution in [0.25, 0.3) is 10.2 Å². The van der Waals surface area contributed by atoms with Gasteiger partial charge in [-0.1, -0.05) is 12.1 Å². The number of anilines is 3. The number of rotatable bonds is 9. The Morgan fingerprint density at radius 1 is 1.16 bits per heavy atom. The summed E-state index contributed by atoms with van der Waals surface area (Å²) in [5.41, 5.74) is 2.11. The van der Waals surface area contributed by atoms with Crippen LogP contribution in [0, 0.1) is 6.92 Å². The lowest BCUT2D eigenvalue weighted by molar-refractivity contribution is -0.134. The molecule has 3 aromatic heterocycles. The Labute approximate surface area is 225 Å². The molecule has 2 saturated heterocycles. The molecular weight excluding hydrogens is 500 g/mol. The number of piperidine rings is 1. The molecule has 2 bridgehead atoms. The van der Waals surface area contributed by atoms with Gasteiger partial charge in [-0.2, -0.15) is 10.1 Å². The number of aromatic amines is 1. The summed E-state index contributed by atoms with van der Waals surface area (Å²) < 4.78 is 5.21. The Morgan fingerprint density at radius 2 is 1.95 bits per heavy atom. The van der Waals surface area contributed by atoms with E-state index in [1.165, 1.54) is 0 Å². The number of hydrogen-bond donors (Lipinski definition) is 4. The summed E-state index contributed by atoms with van der Waals surface area (Å²) in [6, 6.07) is 12.6. The fourth-order valence-corrected chi connectivity index (χ4v) is 6.42. The number of fused-ring (bicyclic) bond motifs is 3. The third-order valence-electron chi connectivity index (χ3n) is 7.40. The molecule has 4 aromatic rings. The molecule has 6 rings (SSSR count). The zero-order valence-electron chi connectivity index (χ0n) is 21.5. The van der Waals surface area contributed by atoms with Crippen molar-refractivity contribution in [1.82, 2.24) is 30.4 Å². The SMILES string of the molecule is COc1ccc(CNCC(=O)N2[C@@H]3CC[C@H]2C[C@H](Nc2nc(Nc4cc(C)[nH]n4)c4ccsc4n2)C3)cc1. The molecule has 2 fully saturated rings. The van der Waals surface area contributed by atoms with E-state index in [4.69, 9.17) is 14.7 Å². The van der Waals surface area contributed by atoms with Gasteiger partial charge in [-0.25, -0.2) is 4.98 Å². The van der Waals surface area contributed by atoms with Crippen molar-refractivity contribution in [3.05, 3.63) is 53.0 Å². The van der Waals surface area contributed by atoms with Crippen LogP contribution < -0.4 is 20.7 Å². The van der Waals surface area contributed by atoms with Gasteiger partial charge in [0, 0.05) is 36.4 Å². The van der Waals surface area contributed by atoms with Gasteiger partial charge in [0.15, 0.2) is 5.82 Å². The van der Waals surface area contributed by atoms with Gasteiger partial charge in [-0.05, 0) is 61.7 Å². The summed E-state index contributed by atoms with van der Waals surface area (Å²) in [5.74, 6) is 3.09. The minimum atomic E-state index is 0.182. The van der Waals surface area contributed by atoms with Gasteiger partial charge in [-0.3, -0.25) is 9.89 Å². The first-order valence-corrected chi connectivity index (χ1v) is 13.9. The number of carbonyl (C=O) groups excluding carboxylic acids is 1. The topological polar surface area (TPSA) is 120 Å². The largest absolute Gasteiger partial charge is 0.497 e. The number of carbonyl (C=O) groups is 1. The van der Waals surface area contributed by atoms with Crippen molar-refractivity contribution >= 4 is 45.0 Å². The summed E-state index contributed by atoms with van der Waals surface area (Å²) in [6.07, 6.45) is 3.88. The van der Waals surface area contributed by atoms with Crippen LogP contribution in [0.4, 0.5) is 17.6 Å². The molecule has 2 aliphatic rings. The quantitative estimate of drug-likeness (QED) is 0.253. The van der Waals surface area contributed by atoms with E-state index in [0.717, 1.165) is 64.5 Å². The second-order valence-corrected chi connectivity index (χ2v) is 10.9. The number of nitrogens with zero attached hydrogens (tertiary/aromatic N) is 4. The molecule has 1 amide bonds. The van der Waals surface area contributed by atoms with Crippen LogP contribution in [-0.4, -0.2) is 62.8 Å². The van der Waals surface area contributed by atoms with Crippen molar-refractivity contribution in [2.75, 3.05) is 24.3 Å². The predicted molar refractivity (Wildman–Crippen MR) is 149 cm³/mol. The molecule has 0 unspecified atom stereocenters. The molecule has 198 valence electrons. The van der Waals surface area contributed by atoms with E-state index in [9.17, 15) is 4.79 Å². The molecule has 2 aliphatic heterocycles. The summed E-state index contributed by atoms with van der Waals surface area (Å²) in [5, 5.41) is 20.5. The smallest absolute Gasteiger partial charge is 0.237 e. The average molecular weight is 533 g/mol. The highest BCUT2D eigenvalue weighted by atomic mass is 32.1. The lowest BCUT2D eigenvalue weighted by atomic mass is 9.97. The number of methoxy groups -OCH3 is 1. The zero-order valence-corrected chi connectivity index (χ0v) is 22.3. The van der Waals surface area contributed by atoms with Crippen molar-refractivity contribution in [3.63, 3.8) is 0 Å². The zero-order chi connectivity index (χ0) is 26.1. The van der Waals surface area contributed by atoms with Crippen LogP contribution in [0.3, 0.4) is 0 Å². The molecule has 3 atom stereocenters. The lowest BCUT2D eigenvalue weighted by Crippen LogP contribution is -2.52. The van der Waals surface area contributed by atoms with E-state index < -0.39 is 0 Å². The van der Waals surface area contributed by atoms with Crippen LogP contribution >= 0.6 is 11.3 Å². The molecule has 10 nitrogen and oxygen atoms in total. The maximum absolute atomic E-state index is 13.1. The number of ether oxygens (including phenoxy) is 1. The van der Waals surface area contributed by atoms with E-state index in [-0.39, 0.29) is 24.0 Å². The summed E-state index contributed by atoms with van der Waals surface area (Å²) in [7, 11) is 1.66. The van der Waals surface area contributed by atoms with E-state index in [2.05, 4.69) is 31.0 Å². The molecular formula is C27H32N8O2S. The number of nitrogens with one attached hydrogen (secondary N) is 4. The second kappa shape index (κ2) is 10.6. The van der Waals surface area contributed by atoms with E-state index >= 15 is 0 Å². The molecule has 11 heteroatoms. The van der Waals surface area contributed by atoms with Gasteiger partial charge in [0.05, 0.1) is 19.0 Å². The number of benzene rings is 1. The van der Waals surface area contributed by atoms with Crippen molar-refractivity contribution < 1.29 is 9.53 Å². The van der Waals surface area contributed by atoms with Gasteiger partial charge < -0.3 is 25.6 Å². The van der Waals surface area contributed by atoms with Gasteiger partial charge >= 0.3 is 0 Å². The van der Waals surface area contributed by atoms with Gasteiger partial charge in [0.2, 0.25) is 11.9 Å². The predicted octanol–water partition coefficient (Wildman–Crippen LogP) is 4.20. The molecule has 4 N–H and O–H groups in total. The molecule has 5 heterocycles. The number of aryl methyl sites for hydroxylation is 1. The number of hydrogen-bond acceptors (Lipinski definition) is 9. The number of H-pyrrole nitrogens is 1. The Balaban J connectivity index is 1.07. The number of thiophene rings is 1. The molecule has 0 radical (unpaired) electrons. The highest BCUT2D eigenvalue weighted by Crippen LogP contribution is 2.37. The van der Waals surface area contributed by atoms with E-state index in [1.54, 1.807) is 18.4 Å². The minimum absolute atomic E-state index is 0.182. The van der Waals surface area contributed by atoms with E-state index in [1.807, 2.05) is 48.7 Å². The Kier molecular flexibility index (Phi) is 6.86. The van der Waals surface area contributed by atoms with Gasteiger partial charge in [-0.15, -0.1) is 11.3 Å². The number of amides is 1. The summed E-state index contributed by atoms with van der Waals surface area (Å²) in [4.78, 5) is 25.8. The van der Waals surface area contributed by atoms with Crippen molar-refractivity contribution in [2.45, 2.75) is 57.3 Å². The standard InChI is InChI=1S/C27H32N8O2S/c1-16-11-23(34-33-16)30-25-22-9-10-38-26(22)32-27(31-25)29-18-12-19-5-6-20(13-18)35(19)24(36)15-28-14-17-3-7-21(37-2)8-4-17/h3-4,7-11,18-20,28H,5-6,12-15H2,1-2H3,(H3,29,30,31,32,33,34)/t18-,19-,20+. The highest BCUT2D eigenvalue weighted by Gasteiger charge is 2.43. The molecule has 38 heavy (non-hydrogen) atoms. The van der Waals surface area contributed by atoms with Crippen LogP contribution in [0.1, 0.15) is 36.9 Å².